The quantitative estimate of drug-likeness (QED) is 0.826. The third-order valence-electron chi connectivity index (χ3n) is 3.14. The van der Waals surface area contributed by atoms with Gasteiger partial charge >= 0.3 is 0 Å². The number of nitrogens with two attached hydrogens (primary N) is 1. The van der Waals surface area contributed by atoms with Crippen molar-refractivity contribution in [1.29, 1.82) is 0 Å². The summed E-state index contributed by atoms with van der Waals surface area (Å²) in [6.07, 6.45) is 4.06. The van der Waals surface area contributed by atoms with E-state index in [2.05, 4.69) is 11.8 Å². The maximum absolute atomic E-state index is 5.81. The lowest BCUT2D eigenvalue weighted by Gasteiger charge is -2.25. The largest absolute Gasteiger partial charge is 0.496 e. The molecule has 0 heterocycles. The number of benzene rings is 1. The SMILES string of the molecule is COc1ccc(C#CCN)cc1COC1CCC1. The lowest BCUT2D eigenvalue weighted by Crippen LogP contribution is -2.21. The minimum absolute atomic E-state index is 0.375. The minimum atomic E-state index is 0.375. The Balaban J connectivity index is 2.08. The molecule has 96 valence electrons. The van der Waals surface area contributed by atoms with Crippen LogP contribution in [0.3, 0.4) is 0 Å². The zero-order chi connectivity index (χ0) is 12.8. The van der Waals surface area contributed by atoms with Crippen LogP contribution in [0.5, 0.6) is 5.75 Å². The maximum atomic E-state index is 5.81. The van der Waals surface area contributed by atoms with Gasteiger partial charge in [-0.1, -0.05) is 11.8 Å². The highest BCUT2D eigenvalue weighted by Gasteiger charge is 2.18. The third kappa shape index (κ3) is 3.25. The summed E-state index contributed by atoms with van der Waals surface area (Å²) < 4.78 is 11.1. The summed E-state index contributed by atoms with van der Waals surface area (Å²) >= 11 is 0. The number of hydrogen-bond donors (Lipinski definition) is 1. The molecule has 0 atom stereocenters. The molecule has 1 fully saturated rings. The summed E-state index contributed by atoms with van der Waals surface area (Å²) in [5, 5.41) is 0. The fourth-order valence-electron chi connectivity index (χ4n) is 1.87. The van der Waals surface area contributed by atoms with Crippen molar-refractivity contribution < 1.29 is 9.47 Å². The van der Waals surface area contributed by atoms with Gasteiger partial charge in [0.05, 0.1) is 26.4 Å². The molecule has 0 aliphatic heterocycles. The predicted molar refractivity (Wildman–Crippen MR) is 71.4 cm³/mol. The molecule has 0 spiro atoms. The summed E-state index contributed by atoms with van der Waals surface area (Å²) in [4.78, 5) is 0. The Bertz CT molecular complexity index is 455. The smallest absolute Gasteiger partial charge is 0.124 e. The molecule has 1 aliphatic carbocycles. The van der Waals surface area contributed by atoms with Crippen LogP contribution >= 0.6 is 0 Å². The number of rotatable bonds is 4. The van der Waals surface area contributed by atoms with E-state index in [4.69, 9.17) is 15.2 Å². The summed E-state index contributed by atoms with van der Waals surface area (Å²) in [6.45, 7) is 0.964. The third-order valence-corrected chi connectivity index (χ3v) is 3.14. The number of hydrogen-bond acceptors (Lipinski definition) is 3. The van der Waals surface area contributed by atoms with Gasteiger partial charge in [-0.05, 0) is 37.5 Å². The first kappa shape index (κ1) is 12.9. The minimum Gasteiger partial charge on any atom is -0.496 e. The highest BCUT2D eigenvalue weighted by Crippen LogP contribution is 2.26. The molecule has 1 saturated carbocycles. The molecule has 1 aliphatic rings. The van der Waals surface area contributed by atoms with E-state index in [1.54, 1.807) is 7.11 Å². The zero-order valence-corrected chi connectivity index (χ0v) is 10.7. The van der Waals surface area contributed by atoms with Gasteiger partial charge in [0.15, 0.2) is 0 Å². The normalized spacial score (nSPS) is 14.6. The fraction of sp³-hybridized carbons (Fsp3) is 0.467. The Kier molecular flexibility index (Phi) is 4.63. The van der Waals surface area contributed by atoms with Crippen molar-refractivity contribution in [3.05, 3.63) is 29.3 Å². The van der Waals surface area contributed by atoms with Crippen LogP contribution in [-0.4, -0.2) is 19.8 Å². The highest BCUT2D eigenvalue weighted by molar-refractivity contribution is 5.44. The van der Waals surface area contributed by atoms with Gasteiger partial charge in [-0.2, -0.15) is 0 Å². The van der Waals surface area contributed by atoms with Crippen LogP contribution in [-0.2, 0) is 11.3 Å². The Morgan fingerprint density at radius 3 is 2.83 bits per heavy atom. The van der Waals surface area contributed by atoms with Crippen LogP contribution in [0.15, 0.2) is 18.2 Å². The Morgan fingerprint density at radius 2 is 2.22 bits per heavy atom. The predicted octanol–water partition coefficient (Wildman–Crippen LogP) is 2.07. The lowest BCUT2D eigenvalue weighted by atomic mass is 9.96. The molecule has 0 saturated heterocycles. The molecule has 0 bridgehead atoms. The standard InChI is InChI=1S/C15H19NO2/c1-17-15-8-7-12(4-3-9-16)10-13(15)11-18-14-5-2-6-14/h7-8,10,14H,2,5-6,9,11,16H2,1H3. The van der Waals surface area contributed by atoms with Crippen molar-refractivity contribution in [1.82, 2.24) is 0 Å². The van der Waals surface area contributed by atoms with Crippen molar-refractivity contribution in [2.75, 3.05) is 13.7 Å². The average molecular weight is 245 g/mol. The molecule has 0 aromatic heterocycles. The Labute approximate surface area is 108 Å². The average Bonchev–Trinajstić information content (AvgIpc) is 2.34. The van der Waals surface area contributed by atoms with Gasteiger partial charge in [-0.15, -0.1) is 0 Å². The second kappa shape index (κ2) is 6.44. The highest BCUT2D eigenvalue weighted by atomic mass is 16.5. The molecule has 0 amide bonds. The fourth-order valence-corrected chi connectivity index (χ4v) is 1.87. The first-order chi connectivity index (χ1) is 8.83. The second-order valence-electron chi connectivity index (χ2n) is 4.40. The van der Waals surface area contributed by atoms with Gasteiger partial charge in [0.25, 0.3) is 0 Å². The molecule has 1 aromatic carbocycles. The van der Waals surface area contributed by atoms with Gasteiger partial charge < -0.3 is 15.2 Å². The molecule has 0 radical (unpaired) electrons. The number of methoxy groups -OCH3 is 1. The molecule has 18 heavy (non-hydrogen) atoms. The molecule has 1 aromatic rings. The second-order valence-corrected chi connectivity index (χ2v) is 4.40. The summed E-state index contributed by atoms with van der Waals surface area (Å²) in [7, 11) is 1.67. The van der Waals surface area contributed by atoms with Gasteiger partial charge in [0.2, 0.25) is 0 Å². The molecule has 3 nitrogen and oxygen atoms in total. The van der Waals surface area contributed by atoms with Crippen molar-refractivity contribution in [3.63, 3.8) is 0 Å². The van der Waals surface area contributed by atoms with Gasteiger partial charge in [0.1, 0.15) is 5.75 Å². The van der Waals surface area contributed by atoms with Gasteiger partial charge in [-0.25, -0.2) is 0 Å². The van der Waals surface area contributed by atoms with E-state index < -0.39 is 0 Å². The van der Waals surface area contributed by atoms with E-state index in [1.165, 1.54) is 19.3 Å². The maximum Gasteiger partial charge on any atom is 0.124 e. The van der Waals surface area contributed by atoms with E-state index in [-0.39, 0.29) is 0 Å². The van der Waals surface area contributed by atoms with Crippen molar-refractivity contribution in [3.8, 4) is 17.6 Å². The Hall–Kier alpha value is -1.50. The van der Waals surface area contributed by atoms with Crippen LogP contribution in [0.25, 0.3) is 0 Å². The lowest BCUT2D eigenvalue weighted by molar-refractivity contribution is -0.00934. The molecule has 2 N–H and O–H groups in total. The summed E-state index contributed by atoms with van der Waals surface area (Å²) in [5.41, 5.74) is 7.37. The molecular weight excluding hydrogens is 226 g/mol. The topological polar surface area (TPSA) is 44.5 Å². The van der Waals surface area contributed by atoms with Crippen LogP contribution in [0, 0.1) is 11.8 Å². The first-order valence-electron chi connectivity index (χ1n) is 6.31. The number of ether oxygens (including phenoxy) is 2. The van der Waals surface area contributed by atoms with E-state index in [0.29, 0.717) is 19.3 Å². The van der Waals surface area contributed by atoms with Crippen LogP contribution in [0.1, 0.15) is 30.4 Å². The van der Waals surface area contributed by atoms with E-state index >= 15 is 0 Å². The zero-order valence-electron chi connectivity index (χ0n) is 10.7. The van der Waals surface area contributed by atoms with Crippen LogP contribution in [0.2, 0.25) is 0 Å². The van der Waals surface area contributed by atoms with Gasteiger partial charge in [-0.3, -0.25) is 0 Å². The van der Waals surface area contributed by atoms with E-state index in [1.807, 2.05) is 18.2 Å². The van der Waals surface area contributed by atoms with Gasteiger partial charge in [0, 0.05) is 11.1 Å². The van der Waals surface area contributed by atoms with Crippen molar-refractivity contribution in [2.45, 2.75) is 32.0 Å². The molecule has 2 rings (SSSR count). The van der Waals surface area contributed by atoms with Crippen molar-refractivity contribution >= 4 is 0 Å². The van der Waals surface area contributed by atoms with Crippen LogP contribution < -0.4 is 10.5 Å². The first-order valence-corrected chi connectivity index (χ1v) is 6.31. The van der Waals surface area contributed by atoms with E-state index in [9.17, 15) is 0 Å². The van der Waals surface area contributed by atoms with E-state index in [0.717, 1.165) is 16.9 Å². The molecule has 0 unspecified atom stereocenters. The van der Waals surface area contributed by atoms with Crippen LogP contribution in [0.4, 0.5) is 0 Å². The monoisotopic (exact) mass is 245 g/mol. The molecular formula is C15H19NO2. The Morgan fingerprint density at radius 1 is 1.39 bits per heavy atom. The molecule has 3 heteroatoms. The summed E-state index contributed by atoms with van der Waals surface area (Å²) in [6, 6.07) is 5.88. The van der Waals surface area contributed by atoms with Crippen molar-refractivity contribution in [2.24, 2.45) is 5.73 Å². The summed E-state index contributed by atoms with van der Waals surface area (Å²) in [5.74, 6) is 6.73.